The third kappa shape index (κ3) is 3.34. The van der Waals surface area contributed by atoms with Crippen molar-refractivity contribution in [3.05, 3.63) is 48.3 Å². The SMILES string of the molecule is C=CCNC(=O)Cn1c(C)nnc1-c1cccc(C#N)c1. The number of carbonyl (C=O) groups excluding carboxylic acids is 1. The summed E-state index contributed by atoms with van der Waals surface area (Å²) in [7, 11) is 0. The average molecular weight is 281 g/mol. The lowest BCUT2D eigenvalue weighted by molar-refractivity contribution is -0.121. The zero-order valence-electron chi connectivity index (χ0n) is 11.7. The maximum Gasteiger partial charge on any atom is 0.240 e. The lowest BCUT2D eigenvalue weighted by Crippen LogP contribution is -2.28. The van der Waals surface area contributed by atoms with Crippen molar-refractivity contribution in [1.82, 2.24) is 20.1 Å². The topological polar surface area (TPSA) is 83.6 Å². The highest BCUT2D eigenvalue weighted by atomic mass is 16.1. The van der Waals surface area contributed by atoms with Crippen molar-refractivity contribution in [2.75, 3.05) is 6.54 Å². The zero-order chi connectivity index (χ0) is 15.2. The molecular weight excluding hydrogens is 266 g/mol. The van der Waals surface area contributed by atoms with Crippen molar-refractivity contribution in [3.63, 3.8) is 0 Å². The van der Waals surface area contributed by atoms with Gasteiger partial charge in [0.25, 0.3) is 0 Å². The van der Waals surface area contributed by atoms with Gasteiger partial charge in [0.1, 0.15) is 12.4 Å². The number of hydrogen-bond acceptors (Lipinski definition) is 4. The fourth-order valence-electron chi connectivity index (χ4n) is 1.90. The molecule has 1 heterocycles. The van der Waals surface area contributed by atoms with Crippen LogP contribution in [0.3, 0.4) is 0 Å². The van der Waals surface area contributed by atoms with Crippen LogP contribution in [0.5, 0.6) is 0 Å². The molecule has 1 amide bonds. The summed E-state index contributed by atoms with van der Waals surface area (Å²) < 4.78 is 1.72. The maximum absolute atomic E-state index is 11.8. The van der Waals surface area contributed by atoms with E-state index in [0.717, 1.165) is 5.56 Å². The summed E-state index contributed by atoms with van der Waals surface area (Å²) >= 11 is 0. The predicted molar refractivity (Wildman–Crippen MR) is 78.1 cm³/mol. The minimum absolute atomic E-state index is 0.124. The van der Waals surface area contributed by atoms with E-state index in [9.17, 15) is 4.79 Å². The summed E-state index contributed by atoms with van der Waals surface area (Å²) in [5.41, 5.74) is 1.29. The van der Waals surface area contributed by atoms with E-state index in [0.29, 0.717) is 23.8 Å². The molecule has 0 aliphatic heterocycles. The largest absolute Gasteiger partial charge is 0.351 e. The van der Waals surface area contributed by atoms with Gasteiger partial charge in [-0.05, 0) is 19.1 Å². The van der Waals surface area contributed by atoms with Crippen molar-refractivity contribution in [2.45, 2.75) is 13.5 Å². The summed E-state index contributed by atoms with van der Waals surface area (Å²) in [6.07, 6.45) is 1.62. The second kappa shape index (κ2) is 6.48. The van der Waals surface area contributed by atoms with Gasteiger partial charge in [-0.2, -0.15) is 5.26 Å². The van der Waals surface area contributed by atoms with Crippen LogP contribution in [0, 0.1) is 18.3 Å². The van der Waals surface area contributed by atoms with E-state index in [1.807, 2.05) is 6.07 Å². The van der Waals surface area contributed by atoms with E-state index in [1.165, 1.54) is 0 Å². The van der Waals surface area contributed by atoms with Crippen LogP contribution >= 0.6 is 0 Å². The highest BCUT2D eigenvalue weighted by Gasteiger charge is 2.14. The van der Waals surface area contributed by atoms with E-state index in [1.54, 1.807) is 35.8 Å². The first-order chi connectivity index (χ1) is 10.2. The second-order valence-electron chi connectivity index (χ2n) is 4.44. The lowest BCUT2D eigenvalue weighted by atomic mass is 10.1. The van der Waals surface area contributed by atoms with Crippen LogP contribution in [0.2, 0.25) is 0 Å². The molecule has 0 saturated heterocycles. The standard InChI is InChI=1S/C15H15N5O/c1-3-7-17-14(21)10-20-11(2)18-19-15(20)13-6-4-5-12(8-13)9-16/h3-6,8H,1,7,10H2,2H3,(H,17,21). The smallest absolute Gasteiger partial charge is 0.240 e. The normalized spacial score (nSPS) is 9.90. The number of nitriles is 1. The van der Waals surface area contributed by atoms with Gasteiger partial charge in [0.05, 0.1) is 11.6 Å². The van der Waals surface area contributed by atoms with Gasteiger partial charge in [-0.1, -0.05) is 18.2 Å². The summed E-state index contributed by atoms with van der Waals surface area (Å²) in [5, 5.41) is 19.8. The Kier molecular flexibility index (Phi) is 4.46. The number of benzene rings is 1. The highest BCUT2D eigenvalue weighted by molar-refractivity contribution is 5.76. The maximum atomic E-state index is 11.8. The van der Waals surface area contributed by atoms with E-state index < -0.39 is 0 Å². The van der Waals surface area contributed by atoms with Crippen molar-refractivity contribution in [2.24, 2.45) is 0 Å². The van der Waals surface area contributed by atoms with Gasteiger partial charge in [0.2, 0.25) is 5.91 Å². The first kappa shape index (κ1) is 14.5. The molecule has 0 bridgehead atoms. The van der Waals surface area contributed by atoms with Gasteiger partial charge in [-0.15, -0.1) is 16.8 Å². The Morgan fingerprint density at radius 1 is 1.52 bits per heavy atom. The molecule has 0 aliphatic rings. The third-order valence-corrected chi connectivity index (χ3v) is 2.93. The van der Waals surface area contributed by atoms with Gasteiger partial charge in [-0.25, -0.2) is 0 Å². The summed E-state index contributed by atoms with van der Waals surface area (Å²) in [4.78, 5) is 11.8. The third-order valence-electron chi connectivity index (χ3n) is 2.93. The molecule has 0 saturated carbocycles. The number of nitrogens with one attached hydrogen (secondary N) is 1. The zero-order valence-corrected chi connectivity index (χ0v) is 11.7. The molecule has 2 rings (SSSR count). The van der Waals surface area contributed by atoms with Crippen LogP contribution in [0.25, 0.3) is 11.4 Å². The number of carbonyl (C=O) groups is 1. The number of nitrogens with zero attached hydrogens (tertiary/aromatic N) is 4. The molecule has 21 heavy (non-hydrogen) atoms. The van der Waals surface area contributed by atoms with Crippen LogP contribution in [-0.2, 0) is 11.3 Å². The molecule has 0 spiro atoms. The van der Waals surface area contributed by atoms with Crippen LogP contribution in [0.15, 0.2) is 36.9 Å². The molecule has 106 valence electrons. The van der Waals surface area contributed by atoms with Crippen LogP contribution < -0.4 is 5.32 Å². The molecule has 0 radical (unpaired) electrons. The Labute approximate surface area is 122 Å². The summed E-state index contributed by atoms with van der Waals surface area (Å²) in [6.45, 7) is 5.88. The molecule has 1 aromatic carbocycles. The fraction of sp³-hybridized carbons (Fsp3) is 0.200. The number of rotatable bonds is 5. The molecule has 1 N–H and O–H groups in total. The Morgan fingerprint density at radius 2 is 2.33 bits per heavy atom. The minimum Gasteiger partial charge on any atom is -0.351 e. The molecule has 2 aromatic rings. The van der Waals surface area contributed by atoms with Crippen molar-refractivity contribution < 1.29 is 4.79 Å². The molecule has 1 aromatic heterocycles. The number of hydrogen-bond donors (Lipinski definition) is 1. The Morgan fingerprint density at radius 3 is 3.05 bits per heavy atom. The molecule has 0 unspecified atom stereocenters. The average Bonchev–Trinajstić information content (AvgIpc) is 2.86. The number of aromatic nitrogens is 3. The van der Waals surface area contributed by atoms with E-state index in [4.69, 9.17) is 5.26 Å². The van der Waals surface area contributed by atoms with Gasteiger partial charge in [-0.3, -0.25) is 4.79 Å². The molecule has 6 heteroatoms. The van der Waals surface area contributed by atoms with E-state index >= 15 is 0 Å². The quantitative estimate of drug-likeness (QED) is 0.840. The first-order valence-electron chi connectivity index (χ1n) is 6.43. The van der Waals surface area contributed by atoms with Gasteiger partial charge in [0.15, 0.2) is 5.82 Å². The Balaban J connectivity index is 2.31. The fourth-order valence-corrected chi connectivity index (χ4v) is 1.90. The molecule has 0 aliphatic carbocycles. The van der Waals surface area contributed by atoms with Crippen molar-refractivity contribution in [3.8, 4) is 17.5 Å². The predicted octanol–water partition coefficient (Wildman–Crippen LogP) is 1.43. The molecule has 0 fully saturated rings. The lowest BCUT2D eigenvalue weighted by Gasteiger charge is -2.08. The van der Waals surface area contributed by atoms with Crippen molar-refractivity contribution >= 4 is 5.91 Å². The van der Waals surface area contributed by atoms with Crippen LogP contribution in [-0.4, -0.2) is 27.2 Å². The van der Waals surface area contributed by atoms with E-state index in [-0.39, 0.29) is 12.5 Å². The number of amides is 1. The van der Waals surface area contributed by atoms with Crippen molar-refractivity contribution in [1.29, 1.82) is 5.26 Å². The monoisotopic (exact) mass is 281 g/mol. The highest BCUT2D eigenvalue weighted by Crippen LogP contribution is 2.19. The van der Waals surface area contributed by atoms with Crippen LogP contribution in [0.1, 0.15) is 11.4 Å². The molecule has 0 atom stereocenters. The minimum atomic E-state index is -0.143. The first-order valence-corrected chi connectivity index (χ1v) is 6.43. The summed E-state index contributed by atoms with van der Waals surface area (Å²) in [6, 6.07) is 9.14. The Hall–Kier alpha value is -2.94. The second-order valence-corrected chi connectivity index (χ2v) is 4.44. The van der Waals surface area contributed by atoms with Gasteiger partial charge in [0, 0.05) is 12.1 Å². The van der Waals surface area contributed by atoms with E-state index in [2.05, 4.69) is 28.2 Å². The number of aryl methyl sites for hydroxylation is 1. The van der Waals surface area contributed by atoms with Crippen LogP contribution in [0.4, 0.5) is 0 Å². The molecular formula is C15H15N5O. The van der Waals surface area contributed by atoms with Gasteiger partial charge < -0.3 is 9.88 Å². The Bertz CT molecular complexity index is 711. The summed E-state index contributed by atoms with van der Waals surface area (Å²) in [5.74, 6) is 1.06. The van der Waals surface area contributed by atoms with Gasteiger partial charge >= 0.3 is 0 Å². The molecule has 6 nitrogen and oxygen atoms in total.